The maximum absolute atomic E-state index is 12.6. The van der Waals surface area contributed by atoms with Crippen LogP contribution in [0.25, 0.3) is 10.9 Å². The second-order valence-electron chi connectivity index (χ2n) is 4.98. The van der Waals surface area contributed by atoms with Gasteiger partial charge in [0.1, 0.15) is 0 Å². The number of aromatic nitrogens is 1. The molecule has 3 rings (SSSR count). The molecule has 1 saturated heterocycles. The van der Waals surface area contributed by atoms with Crippen molar-refractivity contribution >= 4 is 16.8 Å². The van der Waals surface area contributed by atoms with Gasteiger partial charge >= 0.3 is 0 Å². The number of pyridine rings is 1. The zero-order valence-electron chi connectivity index (χ0n) is 11.0. The lowest BCUT2D eigenvalue weighted by atomic mass is 10.1. The van der Waals surface area contributed by atoms with Gasteiger partial charge in [-0.05, 0) is 19.2 Å². The van der Waals surface area contributed by atoms with Gasteiger partial charge in [0.2, 0.25) is 0 Å². The summed E-state index contributed by atoms with van der Waals surface area (Å²) < 4.78 is 0. The first-order valence-corrected chi connectivity index (χ1v) is 6.57. The molecular weight excluding hydrogens is 238 g/mol. The topological polar surface area (TPSA) is 36.4 Å². The Balaban J connectivity index is 1.93. The molecule has 0 spiro atoms. The molecule has 1 fully saturated rings. The summed E-state index contributed by atoms with van der Waals surface area (Å²) in [5.41, 5.74) is 1.51. The zero-order valence-corrected chi connectivity index (χ0v) is 11.0. The monoisotopic (exact) mass is 255 g/mol. The van der Waals surface area contributed by atoms with Gasteiger partial charge in [-0.25, -0.2) is 0 Å². The Labute approximate surface area is 112 Å². The molecule has 19 heavy (non-hydrogen) atoms. The van der Waals surface area contributed by atoms with Crippen molar-refractivity contribution in [2.45, 2.75) is 0 Å². The van der Waals surface area contributed by atoms with Gasteiger partial charge in [-0.15, -0.1) is 0 Å². The van der Waals surface area contributed by atoms with Crippen molar-refractivity contribution in [3.8, 4) is 0 Å². The summed E-state index contributed by atoms with van der Waals surface area (Å²) in [6.07, 6.45) is 1.74. The van der Waals surface area contributed by atoms with E-state index >= 15 is 0 Å². The standard InChI is InChI=1S/C15H17N3O/c1-17-8-10-18(11-9-17)15(19)13-6-2-4-12-5-3-7-16-14(12)13/h2-7H,8-11H2,1H3. The van der Waals surface area contributed by atoms with Gasteiger partial charge < -0.3 is 9.80 Å². The summed E-state index contributed by atoms with van der Waals surface area (Å²) in [7, 11) is 2.08. The second-order valence-corrected chi connectivity index (χ2v) is 4.98. The molecule has 1 aliphatic heterocycles. The highest BCUT2D eigenvalue weighted by Gasteiger charge is 2.21. The van der Waals surface area contributed by atoms with E-state index in [9.17, 15) is 4.79 Å². The average molecular weight is 255 g/mol. The van der Waals surface area contributed by atoms with Crippen LogP contribution >= 0.6 is 0 Å². The normalized spacial score (nSPS) is 16.8. The SMILES string of the molecule is CN1CCN(C(=O)c2cccc3cccnc23)CC1. The van der Waals surface area contributed by atoms with Crippen molar-refractivity contribution in [2.24, 2.45) is 0 Å². The summed E-state index contributed by atoms with van der Waals surface area (Å²) in [5, 5.41) is 1.02. The van der Waals surface area contributed by atoms with Crippen LogP contribution in [-0.4, -0.2) is 53.9 Å². The van der Waals surface area contributed by atoms with Gasteiger partial charge in [0.15, 0.2) is 0 Å². The highest BCUT2D eigenvalue weighted by molar-refractivity contribution is 6.05. The minimum Gasteiger partial charge on any atom is -0.336 e. The molecule has 1 aromatic heterocycles. The Morgan fingerprint density at radius 1 is 1.11 bits per heavy atom. The minimum atomic E-state index is 0.0948. The van der Waals surface area contributed by atoms with Crippen molar-refractivity contribution in [3.05, 3.63) is 42.1 Å². The molecule has 0 bridgehead atoms. The van der Waals surface area contributed by atoms with Gasteiger partial charge in [0, 0.05) is 37.8 Å². The van der Waals surface area contributed by atoms with E-state index in [0.29, 0.717) is 5.56 Å². The molecule has 2 heterocycles. The molecule has 98 valence electrons. The van der Waals surface area contributed by atoms with E-state index in [0.717, 1.165) is 37.1 Å². The van der Waals surface area contributed by atoms with Crippen LogP contribution in [0.15, 0.2) is 36.5 Å². The van der Waals surface area contributed by atoms with E-state index in [4.69, 9.17) is 0 Å². The van der Waals surface area contributed by atoms with E-state index in [1.54, 1.807) is 6.20 Å². The smallest absolute Gasteiger partial charge is 0.256 e. The van der Waals surface area contributed by atoms with E-state index in [-0.39, 0.29) is 5.91 Å². The first kappa shape index (κ1) is 12.1. The molecule has 2 aromatic rings. The first-order valence-electron chi connectivity index (χ1n) is 6.57. The molecule has 1 amide bonds. The largest absolute Gasteiger partial charge is 0.336 e. The molecule has 1 aliphatic rings. The van der Waals surface area contributed by atoms with Crippen LogP contribution in [0.1, 0.15) is 10.4 Å². The van der Waals surface area contributed by atoms with Gasteiger partial charge in [-0.1, -0.05) is 18.2 Å². The van der Waals surface area contributed by atoms with Gasteiger partial charge in [0.05, 0.1) is 11.1 Å². The van der Waals surface area contributed by atoms with Gasteiger partial charge in [-0.3, -0.25) is 9.78 Å². The fraction of sp³-hybridized carbons (Fsp3) is 0.333. The Morgan fingerprint density at radius 2 is 1.84 bits per heavy atom. The molecule has 0 N–H and O–H groups in total. The van der Waals surface area contributed by atoms with Crippen molar-refractivity contribution in [3.63, 3.8) is 0 Å². The number of hydrogen-bond acceptors (Lipinski definition) is 3. The summed E-state index contributed by atoms with van der Waals surface area (Å²) >= 11 is 0. The first-order chi connectivity index (χ1) is 9.25. The molecule has 0 unspecified atom stereocenters. The van der Waals surface area contributed by atoms with Crippen LogP contribution < -0.4 is 0 Å². The number of amides is 1. The lowest BCUT2D eigenvalue weighted by Gasteiger charge is -2.32. The Morgan fingerprint density at radius 3 is 2.63 bits per heavy atom. The lowest BCUT2D eigenvalue weighted by Crippen LogP contribution is -2.47. The molecule has 0 aliphatic carbocycles. The molecule has 1 aromatic carbocycles. The number of para-hydroxylation sites is 1. The molecule has 0 saturated carbocycles. The van der Waals surface area contributed by atoms with Gasteiger partial charge in [0.25, 0.3) is 5.91 Å². The van der Waals surface area contributed by atoms with Crippen molar-refractivity contribution in [1.29, 1.82) is 0 Å². The highest BCUT2D eigenvalue weighted by atomic mass is 16.2. The Kier molecular flexibility index (Phi) is 3.17. The Hall–Kier alpha value is -1.94. The van der Waals surface area contributed by atoms with Crippen LogP contribution in [0, 0.1) is 0 Å². The summed E-state index contributed by atoms with van der Waals surface area (Å²) in [6.45, 7) is 3.45. The van der Waals surface area contributed by atoms with Crippen LogP contribution in [0.4, 0.5) is 0 Å². The van der Waals surface area contributed by atoms with Crippen molar-refractivity contribution < 1.29 is 4.79 Å². The lowest BCUT2D eigenvalue weighted by molar-refractivity contribution is 0.0666. The van der Waals surface area contributed by atoms with E-state index in [2.05, 4.69) is 16.9 Å². The van der Waals surface area contributed by atoms with Crippen molar-refractivity contribution in [2.75, 3.05) is 33.2 Å². The molecule has 0 radical (unpaired) electrons. The third kappa shape index (κ3) is 2.31. The summed E-state index contributed by atoms with van der Waals surface area (Å²) in [4.78, 5) is 21.1. The highest BCUT2D eigenvalue weighted by Crippen LogP contribution is 2.18. The number of fused-ring (bicyclic) bond motifs is 1. The molecule has 4 nitrogen and oxygen atoms in total. The summed E-state index contributed by atoms with van der Waals surface area (Å²) in [6, 6.07) is 9.67. The minimum absolute atomic E-state index is 0.0948. The fourth-order valence-electron chi connectivity index (χ4n) is 2.46. The number of hydrogen-bond donors (Lipinski definition) is 0. The molecular formula is C15H17N3O. The van der Waals surface area contributed by atoms with Crippen LogP contribution in [0.5, 0.6) is 0 Å². The predicted molar refractivity (Wildman–Crippen MR) is 75.1 cm³/mol. The van der Waals surface area contributed by atoms with Crippen LogP contribution in [-0.2, 0) is 0 Å². The van der Waals surface area contributed by atoms with Crippen molar-refractivity contribution in [1.82, 2.24) is 14.8 Å². The van der Waals surface area contributed by atoms with Gasteiger partial charge in [-0.2, -0.15) is 0 Å². The average Bonchev–Trinajstić information content (AvgIpc) is 2.47. The van der Waals surface area contributed by atoms with E-state index < -0.39 is 0 Å². The third-order valence-electron chi connectivity index (χ3n) is 3.65. The number of piperazine rings is 1. The fourth-order valence-corrected chi connectivity index (χ4v) is 2.46. The maximum Gasteiger partial charge on any atom is 0.256 e. The van der Waals surface area contributed by atoms with E-state index in [1.807, 2.05) is 35.2 Å². The van der Waals surface area contributed by atoms with Crippen LogP contribution in [0.3, 0.4) is 0 Å². The maximum atomic E-state index is 12.6. The number of nitrogens with zero attached hydrogens (tertiary/aromatic N) is 3. The third-order valence-corrected chi connectivity index (χ3v) is 3.65. The molecule has 0 atom stereocenters. The van der Waals surface area contributed by atoms with Crippen LogP contribution in [0.2, 0.25) is 0 Å². The molecule has 4 heteroatoms. The number of likely N-dealkylation sites (N-methyl/N-ethyl adjacent to an activating group) is 1. The Bertz CT molecular complexity index is 598. The zero-order chi connectivity index (χ0) is 13.2. The van der Waals surface area contributed by atoms with E-state index in [1.165, 1.54) is 0 Å². The number of benzene rings is 1. The number of carbonyl (C=O) groups is 1. The number of rotatable bonds is 1. The second kappa shape index (κ2) is 4.97. The predicted octanol–water partition coefficient (Wildman–Crippen LogP) is 1.62. The number of carbonyl (C=O) groups excluding carboxylic acids is 1. The summed E-state index contributed by atoms with van der Waals surface area (Å²) in [5.74, 6) is 0.0948. The quantitative estimate of drug-likeness (QED) is 0.777.